The van der Waals surface area contributed by atoms with Crippen LogP contribution in [-0.2, 0) is 5.41 Å². The largest absolute Gasteiger partial charge is 0.373 e. The number of hydrogen-bond donors (Lipinski definition) is 1. The van der Waals surface area contributed by atoms with Gasteiger partial charge in [0.2, 0.25) is 0 Å². The summed E-state index contributed by atoms with van der Waals surface area (Å²) in [6, 6.07) is 10.7. The third kappa shape index (κ3) is 3.17. The molecule has 0 fully saturated rings. The fourth-order valence-electron chi connectivity index (χ4n) is 2.38. The van der Waals surface area contributed by atoms with Crippen molar-refractivity contribution in [3.8, 4) is 21.7 Å². The van der Waals surface area contributed by atoms with Gasteiger partial charge in [-0.1, -0.05) is 32.9 Å². The van der Waals surface area contributed by atoms with E-state index >= 15 is 0 Å². The lowest BCUT2D eigenvalue weighted by atomic mass is 9.98. The molecule has 0 aliphatic rings. The van der Waals surface area contributed by atoms with E-state index in [1.54, 1.807) is 29.7 Å². The molecule has 0 unspecified atom stereocenters. The molecule has 0 saturated carbocycles. The Labute approximate surface area is 145 Å². The lowest BCUT2D eigenvalue weighted by molar-refractivity contribution is 0.585. The van der Waals surface area contributed by atoms with Crippen molar-refractivity contribution in [3.63, 3.8) is 0 Å². The highest BCUT2D eigenvalue weighted by Gasteiger charge is 2.24. The maximum atomic E-state index is 14.4. The second kappa shape index (κ2) is 6.32. The molecule has 0 spiro atoms. The SMILES string of the molecule is CNc1cc(-c2sc(C(C)(C)C)nc2-c2ccccc2F)ccn1. The van der Waals surface area contributed by atoms with E-state index in [9.17, 15) is 4.39 Å². The van der Waals surface area contributed by atoms with Gasteiger partial charge >= 0.3 is 0 Å². The highest BCUT2D eigenvalue weighted by Crippen LogP contribution is 2.41. The summed E-state index contributed by atoms with van der Waals surface area (Å²) in [5.74, 6) is 0.519. The fourth-order valence-corrected chi connectivity index (χ4v) is 3.51. The first-order valence-electron chi connectivity index (χ1n) is 7.80. The molecule has 2 heterocycles. The third-order valence-electron chi connectivity index (χ3n) is 3.68. The number of thiazole rings is 1. The standard InChI is InChI=1S/C19H20FN3S/c1-19(2,3)18-23-16(13-7-5-6-8-14(13)20)17(24-18)12-9-10-22-15(11-12)21-4/h5-11H,1-4H3,(H,21,22). The second-order valence-corrected chi connectivity index (χ2v) is 7.61. The highest BCUT2D eigenvalue weighted by molar-refractivity contribution is 7.15. The van der Waals surface area contributed by atoms with Crippen molar-refractivity contribution in [1.29, 1.82) is 0 Å². The van der Waals surface area contributed by atoms with Crippen LogP contribution in [0.15, 0.2) is 42.6 Å². The first kappa shape index (κ1) is 16.6. The van der Waals surface area contributed by atoms with Gasteiger partial charge in [-0.15, -0.1) is 11.3 Å². The van der Waals surface area contributed by atoms with Gasteiger partial charge in [0.05, 0.1) is 15.6 Å². The maximum Gasteiger partial charge on any atom is 0.132 e. The lowest BCUT2D eigenvalue weighted by Gasteiger charge is -2.13. The monoisotopic (exact) mass is 341 g/mol. The number of nitrogens with one attached hydrogen (secondary N) is 1. The van der Waals surface area contributed by atoms with Gasteiger partial charge in [0, 0.05) is 24.2 Å². The fraction of sp³-hybridized carbons (Fsp3) is 0.263. The molecule has 1 aromatic carbocycles. The summed E-state index contributed by atoms with van der Waals surface area (Å²) in [6.07, 6.45) is 1.75. The number of halogens is 1. The van der Waals surface area contributed by atoms with E-state index in [1.165, 1.54) is 6.07 Å². The Hall–Kier alpha value is -2.27. The van der Waals surface area contributed by atoms with E-state index in [0.717, 1.165) is 21.3 Å². The molecule has 3 nitrogen and oxygen atoms in total. The molecular formula is C19H20FN3S. The molecule has 0 amide bonds. The molecule has 0 atom stereocenters. The van der Waals surface area contributed by atoms with Crippen LogP contribution in [-0.4, -0.2) is 17.0 Å². The third-order valence-corrected chi connectivity index (χ3v) is 5.21. The molecule has 0 radical (unpaired) electrons. The number of anilines is 1. The van der Waals surface area contributed by atoms with Crippen molar-refractivity contribution in [1.82, 2.24) is 9.97 Å². The van der Waals surface area contributed by atoms with Crippen LogP contribution in [0.2, 0.25) is 0 Å². The van der Waals surface area contributed by atoms with Crippen LogP contribution >= 0.6 is 11.3 Å². The van der Waals surface area contributed by atoms with Gasteiger partial charge < -0.3 is 5.32 Å². The second-order valence-electron chi connectivity index (χ2n) is 6.61. The summed E-state index contributed by atoms with van der Waals surface area (Å²) in [4.78, 5) is 10.0. The van der Waals surface area contributed by atoms with Crippen molar-refractivity contribution < 1.29 is 4.39 Å². The van der Waals surface area contributed by atoms with E-state index in [-0.39, 0.29) is 11.2 Å². The smallest absolute Gasteiger partial charge is 0.132 e. The van der Waals surface area contributed by atoms with Crippen LogP contribution < -0.4 is 5.32 Å². The minimum Gasteiger partial charge on any atom is -0.373 e. The van der Waals surface area contributed by atoms with Gasteiger partial charge in [0.25, 0.3) is 0 Å². The summed E-state index contributed by atoms with van der Waals surface area (Å²) in [7, 11) is 1.83. The van der Waals surface area contributed by atoms with E-state index in [1.807, 2.05) is 25.2 Å². The van der Waals surface area contributed by atoms with Crippen molar-refractivity contribution >= 4 is 17.2 Å². The molecule has 3 rings (SSSR count). The summed E-state index contributed by atoms with van der Waals surface area (Å²) < 4.78 is 14.4. The number of pyridine rings is 1. The van der Waals surface area contributed by atoms with E-state index in [4.69, 9.17) is 4.98 Å². The maximum absolute atomic E-state index is 14.4. The van der Waals surface area contributed by atoms with Crippen LogP contribution in [0.4, 0.5) is 10.2 Å². The first-order chi connectivity index (χ1) is 11.4. The van der Waals surface area contributed by atoms with E-state index < -0.39 is 0 Å². The minimum absolute atomic E-state index is 0.0954. The van der Waals surface area contributed by atoms with E-state index in [0.29, 0.717) is 11.3 Å². The van der Waals surface area contributed by atoms with Crippen LogP contribution in [0.1, 0.15) is 25.8 Å². The van der Waals surface area contributed by atoms with Gasteiger partial charge in [-0.3, -0.25) is 0 Å². The zero-order valence-corrected chi connectivity index (χ0v) is 15.0. The summed E-state index contributed by atoms with van der Waals surface area (Å²) >= 11 is 1.61. The van der Waals surface area contributed by atoms with Crippen LogP contribution in [0, 0.1) is 5.82 Å². The van der Waals surface area contributed by atoms with Crippen LogP contribution in [0.25, 0.3) is 21.7 Å². The molecule has 0 saturated heterocycles. The van der Waals surface area contributed by atoms with Crippen LogP contribution in [0.3, 0.4) is 0 Å². The Kier molecular flexibility index (Phi) is 4.37. The Morgan fingerprint density at radius 3 is 2.54 bits per heavy atom. The zero-order valence-electron chi connectivity index (χ0n) is 14.2. The average Bonchev–Trinajstić information content (AvgIpc) is 3.01. The van der Waals surface area contributed by atoms with Crippen molar-refractivity contribution in [2.75, 3.05) is 12.4 Å². The topological polar surface area (TPSA) is 37.8 Å². The molecule has 124 valence electrons. The lowest BCUT2D eigenvalue weighted by Crippen LogP contribution is -2.10. The molecule has 0 aliphatic heterocycles. The first-order valence-corrected chi connectivity index (χ1v) is 8.62. The molecular weight excluding hydrogens is 321 g/mol. The highest BCUT2D eigenvalue weighted by atomic mass is 32.1. The van der Waals surface area contributed by atoms with Gasteiger partial charge in [-0.2, -0.15) is 0 Å². The number of rotatable bonds is 3. The predicted octanol–water partition coefficient (Wildman–Crippen LogP) is 5.35. The number of hydrogen-bond acceptors (Lipinski definition) is 4. The van der Waals surface area contributed by atoms with Crippen molar-refractivity contribution in [3.05, 3.63) is 53.4 Å². The van der Waals surface area contributed by atoms with Gasteiger partial charge in [0.15, 0.2) is 0 Å². The van der Waals surface area contributed by atoms with Gasteiger partial charge in [0.1, 0.15) is 11.6 Å². The normalized spacial score (nSPS) is 11.5. The number of aromatic nitrogens is 2. The Morgan fingerprint density at radius 2 is 1.88 bits per heavy atom. The Morgan fingerprint density at radius 1 is 1.12 bits per heavy atom. The summed E-state index contributed by atoms with van der Waals surface area (Å²) in [5.41, 5.74) is 2.11. The van der Waals surface area contributed by atoms with E-state index in [2.05, 4.69) is 31.1 Å². The van der Waals surface area contributed by atoms with Crippen molar-refractivity contribution in [2.24, 2.45) is 0 Å². The molecule has 0 aliphatic carbocycles. The minimum atomic E-state index is -0.257. The summed E-state index contributed by atoms with van der Waals surface area (Å²) in [6.45, 7) is 6.35. The van der Waals surface area contributed by atoms with Crippen molar-refractivity contribution in [2.45, 2.75) is 26.2 Å². The molecule has 1 N–H and O–H groups in total. The Balaban J connectivity index is 2.24. The van der Waals surface area contributed by atoms with Gasteiger partial charge in [-0.25, -0.2) is 14.4 Å². The summed E-state index contributed by atoms with van der Waals surface area (Å²) in [5, 5.41) is 4.03. The van der Waals surface area contributed by atoms with Crippen LogP contribution in [0.5, 0.6) is 0 Å². The molecule has 0 bridgehead atoms. The predicted molar refractivity (Wildman–Crippen MR) is 99.0 cm³/mol. The van der Waals surface area contributed by atoms with Gasteiger partial charge in [-0.05, 0) is 29.8 Å². The molecule has 2 aromatic heterocycles. The molecule has 24 heavy (non-hydrogen) atoms. The number of benzene rings is 1. The average molecular weight is 341 g/mol. The molecule has 3 aromatic rings. The molecule has 5 heteroatoms. The zero-order chi connectivity index (χ0) is 17.3. The Bertz CT molecular complexity index is 865. The quantitative estimate of drug-likeness (QED) is 0.698. The number of nitrogens with zero attached hydrogens (tertiary/aromatic N) is 2.